The second-order valence-corrected chi connectivity index (χ2v) is 7.21. The van der Waals surface area contributed by atoms with E-state index in [9.17, 15) is 13.2 Å². The second kappa shape index (κ2) is 6.19. The third-order valence-corrected chi connectivity index (χ3v) is 5.21. The zero-order valence-electron chi connectivity index (χ0n) is 11.1. The fourth-order valence-corrected chi connectivity index (χ4v) is 3.63. The highest BCUT2D eigenvalue weighted by Gasteiger charge is 2.30. The molecule has 110 valence electrons. The van der Waals surface area contributed by atoms with E-state index in [0.717, 1.165) is 25.9 Å². The maximum absolute atomic E-state index is 12.1. The van der Waals surface area contributed by atoms with Crippen molar-refractivity contribution in [3.8, 4) is 0 Å². The van der Waals surface area contributed by atoms with Crippen LogP contribution in [-0.2, 0) is 19.6 Å². The van der Waals surface area contributed by atoms with Crippen molar-refractivity contribution in [3.05, 3.63) is 0 Å². The van der Waals surface area contributed by atoms with Gasteiger partial charge in [0.15, 0.2) is 0 Å². The number of likely N-dealkylation sites (tertiary alicyclic amines) is 1. The number of carbonyl (C=O) groups is 1. The van der Waals surface area contributed by atoms with Crippen molar-refractivity contribution < 1.29 is 17.9 Å². The summed E-state index contributed by atoms with van der Waals surface area (Å²) in [7, 11) is -3.54. The Kier molecular flexibility index (Phi) is 4.81. The van der Waals surface area contributed by atoms with Gasteiger partial charge in [0.1, 0.15) is 0 Å². The predicted molar refractivity (Wildman–Crippen MR) is 70.9 cm³/mol. The molecule has 2 heterocycles. The van der Waals surface area contributed by atoms with Gasteiger partial charge in [0.2, 0.25) is 15.9 Å². The summed E-state index contributed by atoms with van der Waals surface area (Å²) in [5.41, 5.74) is 0. The molecule has 7 heteroatoms. The van der Waals surface area contributed by atoms with E-state index < -0.39 is 15.3 Å². The van der Waals surface area contributed by atoms with Gasteiger partial charge in [-0.1, -0.05) is 0 Å². The summed E-state index contributed by atoms with van der Waals surface area (Å²) in [4.78, 5) is 13.7. The number of hydrogen-bond donors (Lipinski definition) is 1. The van der Waals surface area contributed by atoms with E-state index in [1.54, 1.807) is 4.90 Å². The highest BCUT2D eigenvalue weighted by Crippen LogP contribution is 2.20. The number of primary sulfonamides is 1. The summed E-state index contributed by atoms with van der Waals surface area (Å²) in [6.07, 6.45) is 4.70. The van der Waals surface area contributed by atoms with Crippen LogP contribution in [0.1, 0.15) is 38.5 Å². The lowest BCUT2D eigenvalue weighted by atomic mass is 10.1. The Morgan fingerprint density at radius 3 is 2.74 bits per heavy atom. The van der Waals surface area contributed by atoms with Crippen LogP contribution in [0.25, 0.3) is 0 Å². The van der Waals surface area contributed by atoms with Gasteiger partial charge >= 0.3 is 0 Å². The SMILES string of the molecule is NS(=O)(=O)C1CCCN(C(=O)CCC2CCCO2)C1. The van der Waals surface area contributed by atoms with E-state index in [0.29, 0.717) is 25.8 Å². The molecule has 1 amide bonds. The first-order chi connectivity index (χ1) is 8.97. The minimum absolute atomic E-state index is 0.0175. The fourth-order valence-electron chi connectivity index (χ4n) is 2.75. The number of ether oxygens (including phenoxy) is 1. The van der Waals surface area contributed by atoms with E-state index in [4.69, 9.17) is 9.88 Å². The van der Waals surface area contributed by atoms with Crippen molar-refractivity contribution in [1.82, 2.24) is 4.90 Å². The first-order valence-electron chi connectivity index (χ1n) is 6.88. The third kappa shape index (κ3) is 4.15. The average molecular weight is 290 g/mol. The van der Waals surface area contributed by atoms with Gasteiger partial charge < -0.3 is 9.64 Å². The van der Waals surface area contributed by atoms with Gasteiger partial charge in [-0.15, -0.1) is 0 Å². The van der Waals surface area contributed by atoms with Crippen molar-refractivity contribution in [2.24, 2.45) is 5.14 Å². The normalized spacial score (nSPS) is 28.6. The van der Waals surface area contributed by atoms with Crippen LogP contribution in [0.2, 0.25) is 0 Å². The molecule has 0 aromatic rings. The quantitative estimate of drug-likeness (QED) is 0.802. The number of rotatable bonds is 4. The zero-order valence-corrected chi connectivity index (χ0v) is 11.9. The van der Waals surface area contributed by atoms with Crippen LogP contribution in [0, 0.1) is 0 Å². The van der Waals surface area contributed by atoms with E-state index in [1.807, 2.05) is 0 Å². The highest BCUT2D eigenvalue weighted by molar-refractivity contribution is 7.89. The van der Waals surface area contributed by atoms with Crippen LogP contribution in [0.5, 0.6) is 0 Å². The van der Waals surface area contributed by atoms with E-state index in [-0.39, 0.29) is 18.6 Å². The van der Waals surface area contributed by atoms with Crippen molar-refractivity contribution in [1.29, 1.82) is 0 Å². The molecule has 0 saturated carbocycles. The van der Waals surface area contributed by atoms with Gasteiger partial charge in [-0.2, -0.15) is 0 Å². The molecule has 0 aliphatic carbocycles. The van der Waals surface area contributed by atoms with Crippen molar-refractivity contribution in [2.75, 3.05) is 19.7 Å². The molecule has 6 nitrogen and oxygen atoms in total. The van der Waals surface area contributed by atoms with Crippen molar-refractivity contribution in [3.63, 3.8) is 0 Å². The minimum atomic E-state index is -3.54. The van der Waals surface area contributed by atoms with Gasteiger partial charge in [-0.25, -0.2) is 13.6 Å². The lowest BCUT2D eigenvalue weighted by Crippen LogP contribution is -2.47. The van der Waals surface area contributed by atoms with Gasteiger partial charge in [0.05, 0.1) is 11.4 Å². The van der Waals surface area contributed by atoms with Crippen molar-refractivity contribution >= 4 is 15.9 Å². The molecule has 0 aromatic carbocycles. The van der Waals surface area contributed by atoms with Crippen LogP contribution in [0.15, 0.2) is 0 Å². The first-order valence-corrected chi connectivity index (χ1v) is 8.49. The van der Waals surface area contributed by atoms with Crippen molar-refractivity contribution in [2.45, 2.75) is 49.9 Å². The van der Waals surface area contributed by atoms with Crippen LogP contribution in [0.3, 0.4) is 0 Å². The Morgan fingerprint density at radius 2 is 2.11 bits per heavy atom. The molecular weight excluding hydrogens is 268 g/mol. The summed E-state index contributed by atoms with van der Waals surface area (Å²) < 4.78 is 28.2. The molecule has 19 heavy (non-hydrogen) atoms. The van der Waals surface area contributed by atoms with E-state index >= 15 is 0 Å². The molecule has 2 saturated heterocycles. The Morgan fingerprint density at radius 1 is 1.32 bits per heavy atom. The molecule has 0 radical (unpaired) electrons. The number of nitrogens with two attached hydrogens (primary N) is 1. The highest BCUT2D eigenvalue weighted by atomic mass is 32.2. The van der Waals surface area contributed by atoms with Gasteiger partial charge in [-0.3, -0.25) is 4.79 Å². The lowest BCUT2D eigenvalue weighted by Gasteiger charge is -2.31. The standard InChI is InChI=1S/C12H22N2O4S/c13-19(16,17)11-4-1-7-14(9-11)12(15)6-5-10-3-2-8-18-10/h10-11H,1-9H2,(H2,13,16,17). The maximum Gasteiger partial charge on any atom is 0.222 e. The third-order valence-electron chi connectivity index (χ3n) is 3.90. The van der Waals surface area contributed by atoms with Crippen LogP contribution >= 0.6 is 0 Å². The van der Waals surface area contributed by atoms with Crippen LogP contribution in [0.4, 0.5) is 0 Å². The minimum Gasteiger partial charge on any atom is -0.378 e. The molecule has 2 rings (SSSR count). The second-order valence-electron chi connectivity index (χ2n) is 5.37. The molecule has 0 aromatic heterocycles. The van der Waals surface area contributed by atoms with Crippen LogP contribution in [-0.4, -0.2) is 50.3 Å². The average Bonchev–Trinajstić information content (AvgIpc) is 2.88. The van der Waals surface area contributed by atoms with E-state index in [1.165, 1.54) is 0 Å². The molecule has 2 aliphatic rings. The topological polar surface area (TPSA) is 89.7 Å². The smallest absolute Gasteiger partial charge is 0.222 e. The Labute approximate surface area is 114 Å². The number of sulfonamides is 1. The van der Waals surface area contributed by atoms with Gasteiger partial charge in [0.25, 0.3) is 0 Å². The maximum atomic E-state index is 12.1. The summed E-state index contributed by atoms with van der Waals surface area (Å²) in [5, 5.41) is 4.56. The summed E-state index contributed by atoms with van der Waals surface area (Å²) >= 11 is 0. The molecule has 2 fully saturated rings. The zero-order chi connectivity index (χ0) is 13.9. The lowest BCUT2D eigenvalue weighted by molar-refractivity contribution is -0.132. The van der Waals surface area contributed by atoms with Crippen LogP contribution < -0.4 is 5.14 Å². The first kappa shape index (κ1) is 14.7. The fraction of sp³-hybridized carbons (Fsp3) is 0.917. The number of carbonyl (C=O) groups excluding carboxylic acids is 1. The number of hydrogen-bond acceptors (Lipinski definition) is 4. The largest absolute Gasteiger partial charge is 0.378 e. The molecule has 2 unspecified atom stereocenters. The molecule has 2 aliphatic heterocycles. The monoisotopic (exact) mass is 290 g/mol. The summed E-state index contributed by atoms with van der Waals surface area (Å²) in [5.74, 6) is 0.0175. The van der Waals surface area contributed by atoms with E-state index in [2.05, 4.69) is 0 Å². The molecule has 0 spiro atoms. The number of nitrogens with zero attached hydrogens (tertiary/aromatic N) is 1. The molecule has 2 atom stereocenters. The summed E-state index contributed by atoms with van der Waals surface area (Å²) in [6.45, 7) is 1.66. The molecule has 2 N–H and O–H groups in total. The van der Waals surface area contributed by atoms with Gasteiger partial charge in [-0.05, 0) is 32.1 Å². The summed E-state index contributed by atoms with van der Waals surface area (Å²) in [6, 6.07) is 0. The number of amides is 1. The predicted octanol–water partition coefficient (Wildman–Crippen LogP) is 0.225. The Balaban J connectivity index is 1.81. The van der Waals surface area contributed by atoms with Gasteiger partial charge in [0, 0.05) is 26.1 Å². The Hall–Kier alpha value is -0.660. The Bertz CT molecular complexity index is 417. The molecule has 0 bridgehead atoms. The number of piperidine rings is 1. The molecular formula is C12H22N2O4S.